The van der Waals surface area contributed by atoms with Crippen LogP contribution in [0.5, 0.6) is 11.5 Å². The van der Waals surface area contributed by atoms with Gasteiger partial charge in [-0.25, -0.2) is 0 Å². The van der Waals surface area contributed by atoms with Crippen LogP contribution in [0.15, 0.2) is 70.0 Å². The Morgan fingerprint density at radius 1 is 1.03 bits per heavy atom. The van der Waals surface area contributed by atoms with Crippen molar-refractivity contribution in [3.63, 3.8) is 0 Å². The van der Waals surface area contributed by atoms with Gasteiger partial charge in [0.05, 0.1) is 19.8 Å². The summed E-state index contributed by atoms with van der Waals surface area (Å²) in [6.07, 6.45) is 0. The number of anilines is 1. The van der Waals surface area contributed by atoms with E-state index in [0.717, 1.165) is 9.35 Å². The molecule has 1 amide bonds. The van der Waals surface area contributed by atoms with Crippen molar-refractivity contribution in [2.24, 2.45) is 0 Å². The van der Waals surface area contributed by atoms with Crippen LogP contribution < -0.4 is 14.4 Å². The van der Waals surface area contributed by atoms with Gasteiger partial charge in [-0.1, -0.05) is 34.1 Å². The Bertz CT molecular complexity index is 1170. The number of thiophene rings is 1. The SMILES string of the molecule is COc1cccc(OC)c1/C(O)=C1\C(=O)C(=O)N(c2cccc(Br)c2)C1c1cccs1. The smallest absolute Gasteiger partial charge is 0.300 e. The van der Waals surface area contributed by atoms with E-state index in [0.29, 0.717) is 17.2 Å². The topological polar surface area (TPSA) is 76.1 Å². The number of ketones is 1. The molecular formula is C23H18BrNO5S. The summed E-state index contributed by atoms with van der Waals surface area (Å²) in [4.78, 5) is 28.5. The third-order valence-corrected chi connectivity index (χ3v) is 6.43. The lowest BCUT2D eigenvalue weighted by atomic mass is 9.98. The van der Waals surface area contributed by atoms with Gasteiger partial charge in [0, 0.05) is 15.0 Å². The van der Waals surface area contributed by atoms with Crippen molar-refractivity contribution in [1.29, 1.82) is 0 Å². The highest BCUT2D eigenvalue weighted by Crippen LogP contribution is 2.46. The van der Waals surface area contributed by atoms with Crippen molar-refractivity contribution in [3.05, 3.63) is 80.5 Å². The molecule has 8 heteroatoms. The summed E-state index contributed by atoms with van der Waals surface area (Å²) in [5.74, 6) is -1.18. The molecule has 1 atom stereocenters. The Balaban J connectivity index is 1.99. The van der Waals surface area contributed by atoms with E-state index in [1.54, 1.807) is 36.4 Å². The lowest BCUT2D eigenvalue weighted by Crippen LogP contribution is -2.29. The molecular weight excluding hydrogens is 482 g/mol. The fourth-order valence-electron chi connectivity index (χ4n) is 3.66. The molecule has 2 aromatic carbocycles. The van der Waals surface area contributed by atoms with Crippen LogP contribution in [0.2, 0.25) is 0 Å². The van der Waals surface area contributed by atoms with Gasteiger partial charge in [-0.3, -0.25) is 14.5 Å². The molecule has 1 aliphatic heterocycles. The largest absolute Gasteiger partial charge is 0.506 e. The number of carbonyl (C=O) groups is 2. The van der Waals surface area contributed by atoms with E-state index < -0.39 is 17.7 Å². The number of carbonyl (C=O) groups excluding carboxylic acids is 2. The number of methoxy groups -OCH3 is 2. The molecule has 1 saturated heterocycles. The Hall–Kier alpha value is -3.10. The molecule has 0 saturated carbocycles. The minimum absolute atomic E-state index is 0.0183. The molecule has 1 unspecified atom stereocenters. The molecule has 0 aliphatic carbocycles. The van der Waals surface area contributed by atoms with Crippen molar-refractivity contribution < 1.29 is 24.2 Å². The fourth-order valence-corrected chi connectivity index (χ4v) is 4.87. The molecule has 3 aromatic rings. The molecule has 0 bridgehead atoms. The predicted octanol–water partition coefficient (Wildman–Crippen LogP) is 5.15. The maximum Gasteiger partial charge on any atom is 0.300 e. The van der Waals surface area contributed by atoms with E-state index in [2.05, 4.69) is 15.9 Å². The third-order valence-electron chi connectivity index (χ3n) is 5.01. The molecule has 0 spiro atoms. The second-order valence-electron chi connectivity index (χ2n) is 6.70. The molecule has 6 nitrogen and oxygen atoms in total. The highest BCUT2D eigenvalue weighted by atomic mass is 79.9. The van der Waals surface area contributed by atoms with E-state index in [4.69, 9.17) is 9.47 Å². The Labute approximate surface area is 191 Å². The van der Waals surface area contributed by atoms with Crippen molar-refractivity contribution in [2.75, 3.05) is 19.1 Å². The first-order valence-electron chi connectivity index (χ1n) is 9.29. The summed E-state index contributed by atoms with van der Waals surface area (Å²) in [7, 11) is 2.92. The van der Waals surface area contributed by atoms with Crippen LogP contribution in [-0.4, -0.2) is 31.0 Å². The van der Waals surface area contributed by atoms with E-state index in [9.17, 15) is 14.7 Å². The van der Waals surface area contributed by atoms with Crippen molar-refractivity contribution in [1.82, 2.24) is 0 Å². The summed E-state index contributed by atoms with van der Waals surface area (Å²) in [6, 6.07) is 15.0. The number of halogens is 1. The number of aliphatic hydroxyl groups is 1. The number of ether oxygens (including phenoxy) is 2. The van der Waals surface area contributed by atoms with Gasteiger partial charge in [0.1, 0.15) is 28.9 Å². The Morgan fingerprint density at radius 2 is 1.71 bits per heavy atom. The Kier molecular flexibility index (Phi) is 5.84. The van der Waals surface area contributed by atoms with E-state index in [-0.39, 0.29) is 16.9 Å². The molecule has 1 aliphatic rings. The number of rotatable bonds is 5. The predicted molar refractivity (Wildman–Crippen MR) is 123 cm³/mol. The minimum Gasteiger partial charge on any atom is -0.506 e. The zero-order valence-corrected chi connectivity index (χ0v) is 19.1. The number of benzene rings is 2. The molecule has 1 aromatic heterocycles. The first-order valence-corrected chi connectivity index (χ1v) is 11.0. The van der Waals surface area contributed by atoms with Crippen LogP contribution in [0.1, 0.15) is 16.5 Å². The minimum atomic E-state index is -0.788. The lowest BCUT2D eigenvalue weighted by Gasteiger charge is -2.24. The van der Waals surface area contributed by atoms with E-state index in [1.165, 1.54) is 30.5 Å². The van der Waals surface area contributed by atoms with Gasteiger partial charge in [-0.2, -0.15) is 0 Å². The van der Waals surface area contributed by atoms with Crippen LogP contribution >= 0.6 is 27.3 Å². The highest BCUT2D eigenvalue weighted by molar-refractivity contribution is 9.10. The van der Waals surface area contributed by atoms with Gasteiger partial charge in [-0.05, 0) is 41.8 Å². The number of aliphatic hydroxyl groups excluding tert-OH is 1. The summed E-state index contributed by atoms with van der Waals surface area (Å²) >= 11 is 4.81. The monoisotopic (exact) mass is 499 g/mol. The van der Waals surface area contributed by atoms with Gasteiger partial charge < -0.3 is 14.6 Å². The molecule has 2 heterocycles. The second kappa shape index (κ2) is 8.56. The molecule has 0 radical (unpaired) electrons. The molecule has 31 heavy (non-hydrogen) atoms. The molecule has 1 N–H and O–H groups in total. The number of Topliss-reactive ketones (excluding diaryl/α,β-unsaturated/α-hetero) is 1. The second-order valence-corrected chi connectivity index (χ2v) is 8.60. The average molecular weight is 500 g/mol. The number of amides is 1. The van der Waals surface area contributed by atoms with Crippen molar-refractivity contribution in [3.8, 4) is 11.5 Å². The van der Waals surface area contributed by atoms with Gasteiger partial charge in [0.25, 0.3) is 11.7 Å². The van der Waals surface area contributed by atoms with Crippen LogP contribution in [0.25, 0.3) is 5.76 Å². The van der Waals surface area contributed by atoms with Crippen molar-refractivity contribution >= 4 is 50.4 Å². The number of nitrogens with zero attached hydrogens (tertiary/aromatic N) is 1. The summed E-state index contributed by atoms with van der Waals surface area (Å²) in [6.45, 7) is 0. The summed E-state index contributed by atoms with van der Waals surface area (Å²) < 4.78 is 11.6. The van der Waals surface area contributed by atoms with Crippen molar-refractivity contribution in [2.45, 2.75) is 6.04 Å². The van der Waals surface area contributed by atoms with Crippen LogP contribution in [0, 0.1) is 0 Å². The highest BCUT2D eigenvalue weighted by Gasteiger charge is 2.48. The van der Waals surface area contributed by atoms with Gasteiger partial charge >= 0.3 is 0 Å². The summed E-state index contributed by atoms with van der Waals surface area (Å²) in [5.41, 5.74) is 0.748. The summed E-state index contributed by atoms with van der Waals surface area (Å²) in [5, 5.41) is 13.2. The maximum atomic E-state index is 13.2. The third kappa shape index (κ3) is 3.62. The van der Waals surface area contributed by atoms with Crippen LogP contribution in [-0.2, 0) is 9.59 Å². The van der Waals surface area contributed by atoms with Gasteiger partial charge in [0.2, 0.25) is 0 Å². The van der Waals surface area contributed by atoms with E-state index >= 15 is 0 Å². The maximum absolute atomic E-state index is 13.2. The zero-order valence-electron chi connectivity index (χ0n) is 16.7. The first-order chi connectivity index (χ1) is 15.0. The quantitative estimate of drug-likeness (QED) is 0.298. The van der Waals surface area contributed by atoms with Crippen LogP contribution in [0.3, 0.4) is 0 Å². The van der Waals surface area contributed by atoms with E-state index in [1.807, 2.05) is 23.6 Å². The molecule has 158 valence electrons. The fraction of sp³-hybridized carbons (Fsp3) is 0.130. The van der Waals surface area contributed by atoms with Crippen LogP contribution in [0.4, 0.5) is 5.69 Å². The standard InChI is InChI=1S/C23H18BrNO5S/c1-29-15-8-4-9-16(30-2)18(15)21(26)19-20(17-10-5-11-31-17)25(23(28)22(19)27)14-7-3-6-13(24)12-14/h3-12,20,26H,1-2H3/b21-19+. The normalized spacial score (nSPS) is 17.8. The number of hydrogen-bond donors (Lipinski definition) is 1. The molecule has 1 fully saturated rings. The average Bonchev–Trinajstić information content (AvgIpc) is 3.39. The zero-order chi connectivity index (χ0) is 22.1. The first kappa shape index (κ1) is 21.1. The lowest BCUT2D eigenvalue weighted by molar-refractivity contribution is -0.132. The van der Waals surface area contributed by atoms with Gasteiger partial charge in [0.15, 0.2) is 0 Å². The Morgan fingerprint density at radius 3 is 2.29 bits per heavy atom. The molecule has 4 rings (SSSR count). The van der Waals surface area contributed by atoms with Gasteiger partial charge in [-0.15, -0.1) is 11.3 Å². The number of hydrogen-bond acceptors (Lipinski definition) is 6.